The summed E-state index contributed by atoms with van der Waals surface area (Å²) >= 11 is 0. The molecule has 0 aliphatic carbocycles. The third-order valence-corrected chi connectivity index (χ3v) is 5.81. The number of carbonyl (C=O) groups is 2. The van der Waals surface area contributed by atoms with E-state index in [0.29, 0.717) is 6.07 Å². The van der Waals surface area contributed by atoms with E-state index in [0.717, 1.165) is 42.2 Å². The third kappa shape index (κ3) is 8.46. The number of nitrogens with zero attached hydrogens (tertiary/aromatic N) is 6. The molecular formula is C28H22N6O10. The number of aromatic carboxylic acids is 2. The number of nitro groups is 3. The fraction of sp³-hybridized carbons (Fsp3) is 0.0714. The largest absolute Gasteiger partial charge is 0.478 e. The van der Waals surface area contributed by atoms with Gasteiger partial charge in [0, 0.05) is 36.7 Å². The van der Waals surface area contributed by atoms with E-state index >= 15 is 0 Å². The second-order valence-corrected chi connectivity index (χ2v) is 8.76. The third-order valence-electron chi connectivity index (χ3n) is 5.81. The highest BCUT2D eigenvalue weighted by molar-refractivity contribution is 5.89. The Balaban J connectivity index is 0.000000184. The van der Waals surface area contributed by atoms with Gasteiger partial charge in [-0.15, -0.1) is 0 Å². The van der Waals surface area contributed by atoms with Gasteiger partial charge in [-0.05, 0) is 42.8 Å². The first kappa shape index (κ1) is 31.9. The maximum atomic E-state index is 10.5. The normalized spacial score (nSPS) is 10.0. The lowest BCUT2D eigenvalue weighted by molar-refractivity contribution is -0.394. The van der Waals surface area contributed by atoms with Gasteiger partial charge in [0.25, 0.3) is 17.1 Å². The number of aromatic nitrogens is 3. The van der Waals surface area contributed by atoms with Gasteiger partial charge >= 0.3 is 11.9 Å². The fourth-order valence-corrected chi connectivity index (χ4v) is 3.72. The van der Waals surface area contributed by atoms with E-state index in [-0.39, 0.29) is 11.3 Å². The first-order valence-corrected chi connectivity index (χ1v) is 12.3. The van der Waals surface area contributed by atoms with E-state index in [1.807, 2.05) is 37.4 Å². The summed E-state index contributed by atoms with van der Waals surface area (Å²) in [6, 6.07) is 19.2. The highest BCUT2D eigenvalue weighted by Crippen LogP contribution is 2.22. The minimum Gasteiger partial charge on any atom is -0.478 e. The SMILES string of the molecule is Cc1nc2ccccc2n1Cc1cccnc1.O=C(O)c1cc([N+](=O)[O-])cc([N+](=O)[O-])c1.O=C(O)c1ccc([N+](=O)[O-])cc1. The Bertz CT molecular complexity index is 1730. The van der Waals surface area contributed by atoms with Crippen molar-refractivity contribution in [2.75, 3.05) is 0 Å². The van der Waals surface area contributed by atoms with E-state index in [1.54, 1.807) is 6.20 Å². The van der Waals surface area contributed by atoms with Crippen molar-refractivity contribution in [3.05, 3.63) is 144 Å². The van der Waals surface area contributed by atoms with Crippen molar-refractivity contribution >= 4 is 40.0 Å². The molecule has 0 spiro atoms. The van der Waals surface area contributed by atoms with E-state index < -0.39 is 43.6 Å². The van der Waals surface area contributed by atoms with Crippen LogP contribution in [0.3, 0.4) is 0 Å². The average molecular weight is 603 g/mol. The number of nitro benzene ring substituents is 3. The van der Waals surface area contributed by atoms with Gasteiger partial charge in [-0.1, -0.05) is 18.2 Å². The highest BCUT2D eigenvalue weighted by atomic mass is 16.6. The second-order valence-electron chi connectivity index (χ2n) is 8.76. The van der Waals surface area contributed by atoms with Gasteiger partial charge in [-0.3, -0.25) is 35.3 Å². The van der Waals surface area contributed by atoms with Crippen molar-refractivity contribution in [2.45, 2.75) is 13.5 Å². The standard InChI is InChI=1S/C14H13N3.C7H4N2O6.C7H5NO4/c1-11-16-13-6-2-3-7-14(13)17(11)10-12-5-4-8-15-9-12;10-7(11)4-1-5(8(12)13)3-6(2-4)9(14)15;9-7(10)5-1-3-6(4-2-5)8(11)12/h2-9H,10H2,1H3;1-3H,(H,10,11);1-4H,(H,9,10). The Hall–Kier alpha value is -6.58. The van der Waals surface area contributed by atoms with Crippen LogP contribution in [0, 0.1) is 37.3 Å². The smallest absolute Gasteiger partial charge is 0.336 e. The van der Waals surface area contributed by atoms with Crippen LogP contribution < -0.4 is 0 Å². The first-order chi connectivity index (χ1) is 20.9. The molecule has 16 heteroatoms. The zero-order valence-corrected chi connectivity index (χ0v) is 22.7. The molecule has 224 valence electrons. The number of non-ortho nitro benzene ring substituents is 3. The maximum absolute atomic E-state index is 10.5. The number of hydrogen-bond acceptors (Lipinski definition) is 10. The molecule has 0 saturated heterocycles. The molecule has 5 aromatic rings. The molecule has 0 bridgehead atoms. The molecule has 2 heterocycles. The van der Waals surface area contributed by atoms with Gasteiger partial charge in [0.05, 0.1) is 49.5 Å². The van der Waals surface area contributed by atoms with Crippen molar-refractivity contribution < 1.29 is 34.6 Å². The summed E-state index contributed by atoms with van der Waals surface area (Å²) in [5.41, 5.74) is 1.61. The predicted octanol–water partition coefficient (Wildman–Crippen LogP) is 5.28. The Labute approximate surface area is 246 Å². The molecule has 2 aromatic heterocycles. The van der Waals surface area contributed by atoms with E-state index in [2.05, 4.69) is 26.7 Å². The molecular weight excluding hydrogens is 580 g/mol. The number of imidazole rings is 1. The number of fused-ring (bicyclic) bond motifs is 1. The molecule has 44 heavy (non-hydrogen) atoms. The number of hydrogen-bond donors (Lipinski definition) is 2. The Morgan fingerprint density at radius 3 is 1.82 bits per heavy atom. The molecule has 0 fully saturated rings. The first-order valence-electron chi connectivity index (χ1n) is 12.3. The van der Waals surface area contributed by atoms with Crippen molar-refractivity contribution in [3.63, 3.8) is 0 Å². The number of benzene rings is 3. The molecule has 0 radical (unpaired) electrons. The van der Waals surface area contributed by atoms with E-state index in [1.165, 1.54) is 23.2 Å². The van der Waals surface area contributed by atoms with Crippen LogP contribution in [0.15, 0.2) is 91.3 Å². The van der Waals surface area contributed by atoms with Crippen LogP contribution in [-0.2, 0) is 6.54 Å². The molecule has 5 rings (SSSR count). The molecule has 0 aliphatic heterocycles. The number of rotatable bonds is 7. The van der Waals surface area contributed by atoms with Gasteiger partial charge in [-0.2, -0.15) is 0 Å². The monoisotopic (exact) mass is 602 g/mol. The van der Waals surface area contributed by atoms with Crippen LogP contribution in [0.4, 0.5) is 17.1 Å². The molecule has 0 saturated carbocycles. The number of aryl methyl sites for hydroxylation is 1. The van der Waals surface area contributed by atoms with Crippen molar-refractivity contribution in [3.8, 4) is 0 Å². The van der Waals surface area contributed by atoms with Gasteiger partial charge in [0.15, 0.2) is 0 Å². The fourth-order valence-electron chi connectivity index (χ4n) is 3.72. The summed E-state index contributed by atoms with van der Waals surface area (Å²) in [4.78, 5) is 58.0. The summed E-state index contributed by atoms with van der Waals surface area (Å²) in [5, 5.41) is 47.8. The van der Waals surface area contributed by atoms with Crippen LogP contribution in [0.1, 0.15) is 32.1 Å². The quantitative estimate of drug-likeness (QED) is 0.179. The second kappa shape index (κ2) is 14.4. The summed E-state index contributed by atoms with van der Waals surface area (Å²) < 4.78 is 2.21. The number of carboxylic acids is 2. The summed E-state index contributed by atoms with van der Waals surface area (Å²) in [6.07, 6.45) is 3.69. The Morgan fingerprint density at radius 2 is 1.32 bits per heavy atom. The van der Waals surface area contributed by atoms with Gasteiger partial charge in [0.1, 0.15) is 5.82 Å². The van der Waals surface area contributed by atoms with Gasteiger partial charge in [0.2, 0.25) is 0 Å². The van der Waals surface area contributed by atoms with Crippen LogP contribution in [0.5, 0.6) is 0 Å². The molecule has 0 unspecified atom stereocenters. The van der Waals surface area contributed by atoms with Crippen LogP contribution in [0.2, 0.25) is 0 Å². The minimum atomic E-state index is -1.46. The molecule has 3 aromatic carbocycles. The van der Waals surface area contributed by atoms with Crippen molar-refractivity contribution in [2.24, 2.45) is 0 Å². The highest BCUT2D eigenvalue weighted by Gasteiger charge is 2.19. The van der Waals surface area contributed by atoms with Gasteiger partial charge < -0.3 is 14.8 Å². The van der Waals surface area contributed by atoms with E-state index in [9.17, 15) is 39.9 Å². The van der Waals surface area contributed by atoms with E-state index in [4.69, 9.17) is 10.2 Å². The lowest BCUT2D eigenvalue weighted by Crippen LogP contribution is -2.01. The summed E-state index contributed by atoms with van der Waals surface area (Å²) in [6.45, 7) is 2.86. The molecule has 16 nitrogen and oxygen atoms in total. The zero-order chi connectivity index (χ0) is 32.4. The van der Waals surface area contributed by atoms with Crippen LogP contribution >= 0.6 is 0 Å². The van der Waals surface area contributed by atoms with Crippen LogP contribution in [0.25, 0.3) is 11.0 Å². The van der Waals surface area contributed by atoms with Gasteiger partial charge in [-0.25, -0.2) is 14.6 Å². The number of pyridine rings is 1. The Morgan fingerprint density at radius 1 is 0.750 bits per heavy atom. The van der Waals surface area contributed by atoms with Crippen LogP contribution in [-0.4, -0.2) is 51.5 Å². The molecule has 0 atom stereocenters. The predicted molar refractivity (Wildman–Crippen MR) is 155 cm³/mol. The summed E-state index contributed by atoms with van der Waals surface area (Å²) in [5.74, 6) is -1.51. The van der Waals surface area contributed by atoms with Crippen molar-refractivity contribution in [1.29, 1.82) is 0 Å². The topological polar surface area (TPSA) is 235 Å². The average Bonchev–Trinajstić information content (AvgIpc) is 3.32. The molecule has 0 aliphatic rings. The zero-order valence-electron chi connectivity index (χ0n) is 22.7. The maximum Gasteiger partial charge on any atom is 0.336 e. The summed E-state index contributed by atoms with van der Waals surface area (Å²) in [7, 11) is 0. The van der Waals surface area contributed by atoms with Crippen molar-refractivity contribution in [1.82, 2.24) is 14.5 Å². The minimum absolute atomic E-state index is 0.0422. The lowest BCUT2D eigenvalue weighted by atomic mass is 10.2. The number of para-hydroxylation sites is 2. The number of carboxylic acid groups (broad SMARTS) is 2. The Kier molecular flexibility index (Phi) is 10.4. The lowest BCUT2D eigenvalue weighted by Gasteiger charge is -2.06. The molecule has 2 N–H and O–H groups in total. The molecule has 0 amide bonds.